The third-order valence-corrected chi connectivity index (χ3v) is 3.39. The number of nitrogen functional groups attached to an aromatic ring is 1. The molecule has 0 spiro atoms. The van der Waals surface area contributed by atoms with Gasteiger partial charge in [-0.25, -0.2) is 4.39 Å². The van der Waals surface area contributed by atoms with Crippen LogP contribution in [0.5, 0.6) is 0 Å². The van der Waals surface area contributed by atoms with E-state index in [1.54, 1.807) is 12.1 Å². The van der Waals surface area contributed by atoms with Crippen molar-refractivity contribution in [1.29, 1.82) is 0 Å². The summed E-state index contributed by atoms with van der Waals surface area (Å²) in [5.41, 5.74) is 7.88. The lowest BCUT2D eigenvalue weighted by Gasteiger charge is -2.09. The van der Waals surface area contributed by atoms with E-state index in [0.29, 0.717) is 11.4 Å². The Morgan fingerprint density at radius 2 is 1.94 bits per heavy atom. The third kappa shape index (κ3) is 3.01. The zero-order valence-corrected chi connectivity index (χ0v) is 11.6. The Hall–Kier alpha value is -1.01. The van der Waals surface area contributed by atoms with Crippen LogP contribution in [0.2, 0.25) is 5.02 Å². The SMILES string of the molecule is Nc1ccc(Nc2ccc(Cl)c(F)c2)c(I)c1. The number of hydrogen-bond acceptors (Lipinski definition) is 2. The molecule has 0 aromatic heterocycles. The summed E-state index contributed by atoms with van der Waals surface area (Å²) in [6.45, 7) is 0. The Kier molecular flexibility index (Phi) is 3.73. The second kappa shape index (κ2) is 5.10. The van der Waals surface area contributed by atoms with E-state index in [2.05, 4.69) is 27.9 Å². The first-order chi connectivity index (χ1) is 8.06. The summed E-state index contributed by atoms with van der Waals surface area (Å²) < 4.78 is 14.2. The van der Waals surface area contributed by atoms with Gasteiger partial charge in [-0.15, -0.1) is 0 Å². The third-order valence-electron chi connectivity index (χ3n) is 2.19. The maximum absolute atomic E-state index is 13.3. The van der Waals surface area contributed by atoms with Crippen molar-refractivity contribution in [2.45, 2.75) is 0 Å². The van der Waals surface area contributed by atoms with Crippen LogP contribution >= 0.6 is 34.2 Å². The summed E-state index contributed by atoms with van der Waals surface area (Å²) >= 11 is 7.78. The number of benzene rings is 2. The molecule has 0 aliphatic rings. The number of nitrogens with one attached hydrogen (secondary N) is 1. The molecule has 0 amide bonds. The summed E-state index contributed by atoms with van der Waals surface area (Å²) in [7, 11) is 0. The molecular formula is C12H9ClFIN2. The number of nitrogens with two attached hydrogens (primary N) is 1. The van der Waals surface area contributed by atoms with Gasteiger partial charge < -0.3 is 11.1 Å². The zero-order valence-electron chi connectivity index (χ0n) is 8.68. The van der Waals surface area contributed by atoms with Crippen molar-refractivity contribution in [3.05, 3.63) is 50.8 Å². The van der Waals surface area contributed by atoms with Crippen molar-refractivity contribution < 1.29 is 4.39 Å². The van der Waals surface area contributed by atoms with Gasteiger partial charge in [0, 0.05) is 14.9 Å². The minimum absolute atomic E-state index is 0.113. The summed E-state index contributed by atoms with van der Waals surface area (Å²) in [5.74, 6) is -0.442. The monoisotopic (exact) mass is 362 g/mol. The molecule has 2 aromatic rings. The summed E-state index contributed by atoms with van der Waals surface area (Å²) in [4.78, 5) is 0. The maximum Gasteiger partial charge on any atom is 0.143 e. The fourth-order valence-corrected chi connectivity index (χ4v) is 2.15. The minimum Gasteiger partial charge on any atom is -0.399 e. The fraction of sp³-hybridized carbons (Fsp3) is 0. The normalized spacial score (nSPS) is 10.3. The van der Waals surface area contributed by atoms with Crippen molar-refractivity contribution in [3.8, 4) is 0 Å². The van der Waals surface area contributed by atoms with Gasteiger partial charge in [0.15, 0.2) is 0 Å². The van der Waals surface area contributed by atoms with Gasteiger partial charge in [-0.05, 0) is 59.0 Å². The molecule has 2 aromatic carbocycles. The molecule has 0 radical (unpaired) electrons. The van der Waals surface area contributed by atoms with Crippen molar-refractivity contribution in [2.24, 2.45) is 0 Å². The molecule has 0 saturated carbocycles. The Morgan fingerprint density at radius 1 is 1.18 bits per heavy atom. The Balaban J connectivity index is 2.28. The van der Waals surface area contributed by atoms with E-state index in [0.717, 1.165) is 9.26 Å². The maximum atomic E-state index is 13.3. The van der Waals surface area contributed by atoms with E-state index in [-0.39, 0.29) is 5.02 Å². The lowest BCUT2D eigenvalue weighted by Crippen LogP contribution is -1.95. The van der Waals surface area contributed by atoms with Crippen LogP contribution in [0.1, 0.15) is 0 Å². The highest BCUT2D eigenvalue weighted by molar-refractivity contribution is 14.1. The van der Waals surface area contributed by atoms with E-state index >= 15 is 0 Å². The highest BCUT2D eigenvalue weighted by Crippen LogP contribution is 2.26. The average Bonchev–Trinajstić information content (AvgIpc) is 2.27. The largest absolute Gasteiger partial charge is 0.399 e. The second-order valence-electron chi connectivity index (χ2n) is 3.49. The molecule has 0 aliphatic heterocycles. The Labute approximate surface area is 117 Å². The molecule has 2 nitrogen and oxygen atoms in total. The van der Waals surface area contributed by atoms with Gasteiger partial charge in [-0.3, -0.25) is 0 Å². The molecule has 0 atom stereocenters. The van der Waals surface area contributed by atoms with Crippen LogP contribution in [-0.4, -0.2) is 0 Å². The van der Waals surface area contributed by atoms with Gasteiger partial charge in [0.25, 0.3) is 0 Å². The molecule has 88 valence electrons. The smallest absolute Gasteiger partial charge is 0.143 e. The first-order valence-corrected chi connectivity index (χ1v) is 6.29. The quantitative estimate of drug-likeness (QED) is 0.613. The minimum atomic E-state index is -0.442. The van der Waals surface area contributed by atoms with Crippen LogP contribution in [-0.2, 0) is 0 Å². The molecular weight excluding hydrogens is 354 g/mol. The molecule has 17 heavy (non-hydrogen) atoms. The van der Waals surface area contributed by atoms with Gasteiger partial charge in [-0.1, -0.05) is 11.6 Å². The molecule has 0 saturated heterocycles. The zero-order chi connectivity index (χ0) is 12.4. The van der Waals surface area contributed by atoms with Crippen LogP contribution in [0.25, 0.3) is 0 Å². The number of hydrogen-bond donors (Lipinski definition) is 2. The van der Waals surface area contributed by atoms with Crippen LogP contribution in [0.3, 0.4) is 0 Å². The molecule has 2 rings (SSSR count). The van der Waals surface area contributed by atoms with E-state index in [9.17, 15) is 4.39 Å². The molecule has 0 bridgehead atoms. The first kappa shape index (κ1) is 12.4. The van der Waals surface area contributed by atoms with Crippen LogP contribution in [0.4, 0.5) is 21.5 Å². The van der Waals surface area contributed by atoms with Crippen molar-refractivity contribution in [3.63, 3.8) is 0 Å². The van der Waals surface area contributed by atoms with Crippen molar-refractivity contribution in [1.82, 2.24) is 0 Å². The molecule has 0 heterocycles. The van der Waals surface area contributed by atoms with Crippen molar-refractivity contribution >= 4 is 51.3 Å². The first-order valence-electron chi connectivity index (χ1n) is 4.83. The summed E-state index contributed by atoms with van der Waals surface area (Å²) in [6, 6.07) is 10.1. The van der Waals surface area contributed by atoms with Crippen LogP contribution in [0, 0.1) is 9.39 Å². The van der Waals surface area contributed by atoms with Gasteiger partial charge in [-0.2, -0.15) is 0 Å². The lowest BCUT2D eigenvalue weighted by atomic mass is 10.2. The van der Waals surface area contributed by atoms with Crippen LogP contribution in [0.15, 0.2) is 36.4 Å². The highest BCUT2D eigenvalue weighted by Gasteiger charge is 2.04. The van der Waals surface area contributed by atoms with E-state index < -0.39 is 5.82 Å². The van der Waals surface area contributed by atoms with Crippen LogP contribution < -0.4 is 11.1 Å². The molecule has 5 heteroatoms. The van der Waals surface area contributed by atoms with E-state index in [4.69, 9.17) is 17.3 Å². The topological polar surface area (TPSA) is 38.0 Å². The predicted molar refractivity (Wildman–Crippen MR) is 78.3 cm³/mol. The van der Waals surface area contributed by atoms with Gasteiger partial charge in [0.05, 0.1) is 10.7 Å². The highest BCUT2D eigenvalue weighted by atomic mass is 127. The summed E-state index contributed by atoms with van der Waals surface area (Å²) in [5, 5.41) is 3.22. The Bertz CT molecular complexity index is 560. The van der Waals surface area contributed by atoms with Gasteiger partial charge >= 0.3 is 0 Å². The van der Waals surface area contributed by atoms with Gasteiger partial charge in [0.2, 0.25) is 0 Å². The second-order valence-corrected chi connectivity index (χ2v) is 5.06. The number of anilines is 3. The molecule has 0 fully saturated rings. The average molecular weight is 363 g/mol. The van der Waals surface area contributed by atoms with Crippen molar-refractivity contribution in [2.75, 3.05) is 11.1 Å². The standard InChI is InChI=1S/C12H9ClFIN2/c13-9-3-2-8(6-10(9)14)17-12-4-1-7(16)5-11(12)15/h1-6,17H,16H2. The fourth-order valence-electron chi connectivity index (χ4n) is 1.36. The molecule has 0 aliphatic carbocycles. The number of rotatable bonds is 2. The lowest BCUT2D eigenvalue weighted by molar-refractivity contribution is 0.629. The van der Waals surface area contributed by atoms with Gasteiger partial charge in [0.1, 0.15) is 5.82 Å². The molecule has 0 unspecified atom stereocenters. The van der Waals surface area contributed by atoms with E-state index in [1.165, 1.54) is 12.1 Å². The number of halogens is 3. The van der Waals surface area contributed by atoms with E-state index in [1.807, 2.05) is 12.1 Å². The Morgan fingerprint density at radius 3 is 2.59 bits per heavy atom. The summed E-state index contributed by atoms with van der Waals surface area (Å²) in [6.07, 6.45) is 0. The predicted octanol–water partition coefficient (Wildman–Crippen LogP) is 4.41. The molecule has 3 N–H and O–H groups in total.